The number of carbonyl (C=O) groups is 1. The van der Waals surface area contributed by atoms with Crippen molar-refractivity contribution in [2.75, 3.05) is 13.7 Å². The summed E-state index contributed by atoms with van der Waals surface area (Å²) in [7, 11) is 1.60. The zero-order valence-electron chi connectivity index (χ0n) is 15.2. The van der Waals surface area contributed by atoms with Gasteiger partial charge in [0.25, 0.3) is 5.91 Å². The highest BCUT2D eigenvalue weighted by Gasteiger charge is 2.16. The second-order valence-electron chi connectivity index (χ2n) is 6.16. The molecule has 0 saturated carbocycles. The topological polar surface area (TPSA) is 59.9 Å². The van der Waals surface area contributed by atoms with Gasteiger partial charge in [-0.2, -0.15) is 5.10 Å². The molecule has 138 valence electrons. The lowest BCUT2D eigenvalue weighted by molar-refractivity contribution is 0.0959. The van der Waals surface area contributed by atoms with Crippen molar-refractivity contribution in [1.82, 2.24) is 5.43 Å². The Hall–Kier alpha value is -2.34. The number of benzene rings is 1. The molecule has 1 aromatic carbocycles. The van der Waals surface area contributed by atoms with Crippen LogP contribution in [0.4, 0.5) is 0 Å². The maximum atomic E-state index is 12.3. The molecule has 0 atom stereocenters. The zero-order valence-corrected chi connectivity index (χ0v) is 16.0. The fourth-order valence-electron chi connectivity index (χ4n) is 3.04. The molecule has 0 spiro atoms. The molecule has 0 fully saturated rings. The van der Waals surface area contributed by atoms with Gasteiger partial charge in [0.1, 0.15) is 0 Å². The molecule has 1 amide bonds. The van der Waals surface area contributed by atoms with Crippen molar-refractivity contribution in [1.29, 1.82) is 0 Å². The molecule has 0 unspecified atom stereocenters. The molecule has 2 aromatic rings. The number of carbonyl (C=O) groups excluding carboxylic acids is 1. The van der Waals surface area contributed by atoms with E-state index in [2.05, 4.69) is 10.5 Å². The Labute approximate surface area is 158 Å². The lowest BCUT2D eigenvalue weighted by Gasteiger charge is -2.09. The van der Waals surface area contributed by atoms with Crippen molar-refractivity contribution >= 4 is 23.5 Å². The molecule has 26 heavy (non-hydrogen) atoms. The molecule has 0 radical (unpaired) electrons. The maximum absolute atomic E-state index is 12.3. The molecule has 1 heterocycles. The number of aryl methyl sites for hydroxylation is 2. The monoisotopic (exact) mass is 372 g/mol. The van der Waals surface area contributed by atoms with E-state index in [9.17, 15) is 4.79 Å². The van der Waals surface area contributed by atoms with E-state index in [1.807, 2.05) is 31.2 Å². The number of hydrazone groups is 1. The van der Waals surface area contributed by atoms with Gasteiger partial charge in [0.2, 0.25) is 0 Å². The summed E-state index contributed by atoms with van der Waals surface area (Å²) in [6, 6.07) is 7.56. The van der Waals surface area contributed by atoms with E-state index < -0.39 is 0 Å². The first-order chi connectivity index (χ1) is 12.7. The van der Waals surface area contributed by atoms with Crippen molar-refractivity contribution in [3.05, 3.63) is 45.1 Å². The summed E-state index contributed by atoms with van der Waals surface area (Å²) in [5, 5.41) is 4.08. The number of amides is 1. The number of nitrogens with zero attached hydrogens (tertiary/aromatic N) is 1. The van der Waals surface area contributed by atoms with E-state index in [0.717, 1.165) is 23.3 Å². The minimum Gasteiger partial charge on any atom is -0.493 e. The number of ether oxygens (including phenoxy) is 2. The normalized spacial score (nSPS) is 13.9. The Morgan fingerprint density at radius 3 is 2.88 bits per heavy atom. The van der Waals surface area contributed by atoms with Gasteiger partial charge < -0.3 is 9.47 Å². The largest absolute Gasteiger partial charge is 0.493 e. The second kappa shape index (κ2) is 8.85. The summed E-state index contributed by atoms with van der Waals surface area (Å²) in [5.74, 6) is 1.18. The van der Waals surface area contributed by atoms with Crippen molar-refractivity contribution in [2.45, 2.75) is 39.0 Å². The lowest BCUT2D eigenvalue weighted by atomic mass is 10.1. The van der Waals surface area contributed by atoms with Gasteiger partial charge in [-0.05, 0) is 68.0 Å². The number of hydrogen-bond acceptors (Lipinski definition) is 5. The average Bonchev–Trinajstić information content (AvgIpc) is 2.93. The fraction of sp³-hybridized carbons (Fsp3) is 0.400. The molecule has 0 aliphatic heterocycles. The molecule has 6 heteroatoms. The van der Waals surface area contributed by atoms with Crippen LogP contribution < -0.4 is 14.9 Å². The van der Waals surface area contributed by atoms with Gasteiger partial charge in [-0.25, -0.2) is 5.43 Å². The van der Waals surface area contributed by atoms with Crippen LogP contribution in [-0.2, 0) is 12.8 Å². The van der Waals surface area contributed by atoms with Crippen molar-refractivity contribution in [3.8, 4) is 11.5 Å². The summed E-state index contributed by atoms with van der Waals surface area (Å²) in [4.78, 5) is 14.4. The molecule has 0 bridgehead atoms. The first-order valence-electron chi connectivity index (χ1n) is 8.97. The minimum atomic E-state index is -0.155. The van der Waals surface area contributed by atoms with Gasteiger partial charge >= 0.3 is 0 Å². The highest BCUT2D eigenvalue weighted by molar-refractivity contribution is 7.14. The molecular formula is C20H24N2O3S. The number of rotatable bonds is 6. The van der Waals surface area contributed by atoms with Crippen LogP contribution in [0.25, 0.3) is 0 Å². The summed E-state index contributed by atoms with van der Waals surface area (Å²) >= 11 is 1.59. The van der Waals surface area contributed by atoms with Crippen molar-refractivity contribution < 1.29 is 14.3 Å². The Kier molecular flexibility index (Phi) is 6.28. The van der Waals surface area contributed by atoms with Crippen LogP contribution in [0.15, 0.2) is 29.4 Å². The van der Waals surface area contributed by atoms with E-state index in [-0.39, 0.29) is 5.91 Å². The summed E-state index contributed by atoms with van der Waals surface area (Å²) < 4.78 is 10.8. The maximum Gasteiger partial charge on any atom is 0.281 e. The van der Waals surface area contributed by atoms with Gasteiger partial charge in [0.15, 0.2) is 11.5 Å². The van der Waals surface area contributed by atoms with Gasteiger partial charge in [0, 0.05) is 4.88 Å². The van der Waals surface area contributed by atoms with Crippen LogP contribution in [-0.4, -0.2) is 25.8 Å². The fourth-order valence-corrected chi connectivity index (χ4v) is 4.18. The number of methoxy groups -OCH3 is 1. The third-order valence-corrected chi connectivity index (χ3v) is 5.57. The molecule has 1 aliphatic rings. The predicted octanol–water partition coefficient (Wildman–Crippen LogP) is 4.19. The smallest absolute Gasteiger partial charge is 0.281 e. The molecule has 1 aromatic heterocycles. The molecular weight excluding hydrogens is 348 g/mol. The van der Waals surface area contributed by atoms with Crippen LogP contribution in [0.5, 0.6) is 11.5 Å². The van der Waals surface area contributed by atoms with E-state index in [0.29, 0.717) is 18.1 Å². The van der Waals surface area contributed by atoms with Crippen molar-refractivity contribution in [3.63, 3.8) is 0 Å². The Bertz CT molecular complexity index is 775. The third-order valence-electron chi connectivity index (χ3n) is 4.34. The van der Waals surface area contributed by atoms with E-state index >= 15 is 0 Å². The third kappa shape index (κ3) is 4.43. The Morgan fingerprint density at radius 1 is 1.23 bits per heavy atom. The molecule has 1 N–H and O–H groups in total. The van der Waals surface area contributed by atoms with Gasteiger partial charge in [-0.1, -0.05) is 6.42 Å². The predicted molar refractivity (Wildman–Crippen MR) is 105 cm³/mol. The highest BCUT2D eigenvalue weighted by atomic mass is 32.1. The van der Waals surface area contributed by atoms with Gasteiger partial charge in [-0.15, -0.1) is 11.3 Å². The standard InChI is InChI=1S/C20H24N2O3S/c1-3-25-16-10-9-14(11-17(16)24-2)13-21-22-20(23)19-12-15-7-5-4-6-8-18(15)26-19/h9-13H,3-8H2,1-2H3,(H,22,23)/b21-13-. The zero-order chi connectivity index (χ0) is 18.4. The van der Waals surface area contributed by atoms with Crippen LogP contribution >= 0.6 is 11.3 Å². The van der Waals surface area contributed by atoms with Crippen LogP contribution in [0, 0.1) is 0 Å². The second-order valence-corrected chi connectivity index (χ2v) is 7.30. The summed E-state index contributed by atoms with van der Waals surface area (Å²) in [6.07, 6.45) is 7.47. The first-order valence-corrected chi connectivity index (χ1v) is 9.78. The number of fused-ring (bicyclic) bond motifs is 1. The first kappa shape index (κ1) is 18.5. The highest BCUT2D eigenvalue weighted by Crippen LogP contribution is 2.29. The molecule has 0 saturated heterocycles. The van der Waals surface area contributed by atoms with Crippen molar-refractivity contribution in [2.24, 2.45) is 5.10 Å². The Morgan fingerprint density at radius 2 is 2.08 bits per heavy atom. The summed E-state index contributed by atoms with van der Waals surface area (Å²) in [6.45, 7) is 2.50. The SMILES string of the molecule is CCOc1ccc(/C=N\NC(=O)c2cc3c(s2)CCCCC3)cc1OC. The Balaban J connectivity index is 1.64. The number of thiophene rings is 1. The lowest BCUT2D eigenvalue weighted by Crippen LogP contribution is -2.16. The van der Waals surface area contributed by atoms with Crippen LogP contribution in [0.1, 0.15) is 51.9 Å². The number of nitrogens with one attached hydrogen (secondary N) is 1. The van der Waals surface area contributed by atoms with E-state index in [1.54, 1.807) is 24.7 Å². The summed E-state index contributed by atoms with van der Waals surface area (Å²) in [5.41, 5.74) is 4.78. The quantitative estimate of drug-likeness (QED) is 0.470. The minimum absolute atomic E-state index is 0.155. The van der Waals surface area contributed by atoms with E-state index in [4.69, 9.17) is 9.47 Å². The average molecular weight is 372 g/mol. The van der Waals surface area contributed by atoms with Crippen LogP contribution in [0.3, 0.4) is 0 Å². The van der Waals surface area contributed by atoms with Gasteiger partial charge in [0.05, 0.1) is 24.8 Å². The number of hydrogen-bond donors (Lipinski definition) is 1. The van der Waals surface area contributed by atoms with Gasteiger partial charge in [-0.3, -0.25) is 4.79 Å². The molecule has 5 nitrogen and oxygen atoms in total. The van der Waals surface area contributed by atoms with E-state index in [1.165, 1.54) is 29.7 Å². The van der Waals surface area contributed by atoms with Crippen LogP contribution in [0.2, 0.25) is 0 Å². The molecule has 3 rings (SSSR count). The molecule has 1 aliphatic carbocycles.